The first-order valence-corrected chi connectivity index (χ1v) is 11.8. The second-order valence-electron chi connectivity index (χ2n) is 9.30. The first kappa shape index (κ1) is 24.9. The Balaban J connectivity index is 1.92. The summed E-state index contributed by atoms with van der Waals surface area (Å²) >= 11 is 0. The van der Waals surface area contributed by atoms with Gasteiger partial charge in [0.1, 0.15) is 24.2 Å². The summed E-state index contributed by atoms with van der Waals surface area (Å²) in [5, 5.41) is 17.0. The summed E-state index contributed by atoms with van der Waals surface area (Å²) in [6.07, 6.45) is 2.39. The maximum Gasteiger partial charge on any atom is 0.246 e. The summed E-state index contributed by atoms with van der Waals surface area (Å²) in [6, 6.07) is -3.42. The number of rotatable bonds is 5. The van der Waals surface area contributed by atoms with Crippen LogP contribution >= 0.6 is 0 Å². The average molecular weight is 466 g/mol. The van der Waals surface area contributed by atoms with Gasteiger partial charge in [-0.25, -0.2) is 0 Å². The molecule has 0 saturated carbocycles. The fraction of sp³-hybridized carbons (Fsp3) is 0.773. The molecular weight excluding hydrogens is 430 g/mol. The number of fused-ring (bicyclic) bond motifs is 2. The molecule has 5 amide bonds. The molecule has 0 unspecified atom stereocenters. The maximum absolute atomic E-state index is 13.3. The molecule has 11 heteroatoms. The van der Waals surface area contributed by atoms with Gasteiger partial charge in [-0.15, -0.1) is 0 Å². The van der Waals surface area contributed by atoms with Gasteiger partial charge in [-0.05, 0) is 38.0 Å². The zero-order valence-corrected chi connectivity index (χ0v) is 19.3. The third kappa shape index (κ3) is 5.63. The van der Waals surface area contributed by atoms with Crippen molar-refractivity contribution in [3.63, 3.8) is 0 Å². The highest BCUT2D eigenvalue weighted by atomic mass is 16.3. The molecule has 184 valence electrons. The zero-order valence-electron chi connectivity index (χ0n) is 19.3. The summed E-state index contributed by atoms with van der Waals surface area (Å²) in [7, 11) is 0. The molecule has 3 saturated heterocycles. The van der Waals surface area contributed by atoms with Crippen molar-refractivity contribution in [2.45, 2.75) is 76.5 Å². The molecule has 33 heavy (non-hydrogen) atoms. The Bertz CT molecular complexity index is 777. The van der Waals surface area contributed by atoms with Gasteiger partial charge in [0, 0.05) is 26.2 Å². The maximum atomic E-state index is 13.3. The lowest BCUT2D eigenvalue weighted by Gasteiger charge is -2.31. The number of aliphatic hydroxyl groups is 1. The molecule has 0 bridgehead atoms. The van der Waals surface area contributed by atoms with Crippen molar-refractivity contribution < 1.29 is 29.1 Å². The number of hydrogen-bond acceptors (Lipinski definition) is 6. The van der Waals surface area contributed by atoms with Crippen molar-refractivity contribution in [3.05, 3.63) is 0 Å². The summed E-state index contributed by atoms with van der Waals surface area (Å²) in [4.78, 5) is 68.5. The van der Waals surface area contributed by atoms with Gasteiger partial charge in [-0.2, -0.15) is 0 Å². The van der Waals surface area contributed by atoms with Crippen LogP contribution in [0, 0.1) is 5.92 Å². The van der Waals surface area contributed by atoms with Crippen molar-refractivity contribution in [1.82, 2.24) is 25.8 Å². The molecule has 3 aliphatic rings. The molecule has 0 radical (unpaired) electrons. The Morgan fingerprint density at radius 1 is 1.03 bits per heavy atom. The Kier molecular flexibility index (Phi) is 8.28. The van der Waals surface area contributed by atoms with E-state index in [0.29, 0.717) is 45.2 Å². The minimum absolute atomic E-state index is 0.104. The second-order valence-corrected chi connectivity index (χ2v) is 9.30. The van der Waals surface area contributed by atoms with Gasteiger partial charge in [0.2, 0.25) is 29.5 Å². The number of nitrogens with one attached hydrogen (secondary N) is 3. The molecule has 4 atom stereocenters. The number of carbonyl (C=O) groups is 5. The van der Waals surface area contributed by atoms with E-state index in [4.69, 9.17) is 5.11 Å². The lowest BCUT2D eigenvalue weighted by molar-refractivity contribution is -0.147. The van der Waals surface area contributed by atoms with Crippen LogP contribution in [0.2, 0.25) is 0 Å². The van der Waals surface area contributed by atoms with Crippen LogP contribution in [0.25, 0.3) is 0 Å². The summed E-state index contributed by atoms with van der Waals surface area (Å²) in [6.45, 7) is 4.47. The van der Waals surface area contributed by atoms with E-state index in [0.717, 1.165) is 0 Å². The lowest BCUT2D eigenvalue weighted by atomic mass is 10.0. The van der Waals surface area contributed by atoms with Crippen molar-refractivity contribution in [2.75, 3.05) is 26.2 Å². The molecule has 3 heterocycles. The Labute approximate surface area is 193 Å². The molecule has 0 aromatic rings. The van der Waals surface area contributed by atoms with Crippen LogP contribution in [0.3, 0.4) is 0 Å². The number of hydrogen-bond donors (Lipinski definition) is 4. The van der Waals surface area contributed by atoms with E-state index < -0.39 is 41.9 Å². The highest BCUT2D eigenvalue weighted by molar-refractivity contribution is 5.98. The molecule has 0 aromatic heterocycles. The largest absolute Gasteiger partial charge is 0.396 e. The van der Waals surface area contributed by atoms with Gasteiger partial charge in [0.15, 0.2) is 0 Å². The monoisotopic (exact) mass is 465 g/mol. The third-order valence-electron chi connectivity index (χ3n) is 6.59. The standard InChI is InChI=1S/C22H35N5O6/c1-13(2)18-21(32)24-14(19(30)23-8-5-11-28)12-17(29)26-9-4-7-16(26)22(33)27-10-3-6-15(27)20(31)25-18/h13-16,18,28H,3-12H2,1-2H3,(H,23,30)(H,24,32)(H,25,31)/t14-,15-,16+,18+/m1/s1. The minimum atomic E-state index is -1.15. The zero-order chi connectivity index (χ0) is 24.1. The van der Waals surface area contributed by atoms with Crippen molar-refractivity contribution in [1.29, 1.82) is 0 Å². The van der Waals surface area contributed by atoms with Gasteiger partial charge < -0.3 is 30.9 Å². The van der Waals surface area contributed by atoms with Crippen LogP contribution in [0.15, 0.2) is 0 Å². The molecule has 3 rings (SSSR count). The van der Waals surface area contributed by atoms with Crippen molar-refractivity contribution >= 4 is 29.5 Å². The molecular formula is C22H35N5O6. The van der Waals surface area contributed by atoms with Crippen LogP contribution in [0.1, 0.15) is 52.4 Å². The van der Waals surface area contributed by atoms with Crippen LogP contribution in [0.5, 0.6) is 0 Å². The molecule has 0 spiro atoms. The van der Waals surface area contributed by atoms with Crippen LogP contribution < -0.4 is 16.0 Å². The van der Waals surface area contributed by atoms with Crippen LogP contribution in [-0.2, 0) is 24.0 Å². The highest BCUT2D eigenvalue weighted by Gasteiger charge is 2.44. The Hall–Kier alpha value is -2.69. The number of carbonyl (C=O) groups excluding carboxylic acids is 5. The molecule has 3 aliphatic heterocycles. The van der Waals surface area contributed by atoms with Crippen LogP contribution in [0.4, 0.5) is 0 Å². The van der Waals surface area contributed by atoms with Gasteiger partial charge >= 0.3 is 0 Å². The van der Waals surface area contributed by atoms with Crippen molar-refractivity contribution in [3.8, 4) is 0 Å². The van der Waals surface area contributed by atoms with Gasteiger partial charge in [0.05, 0.1) is 6.42 Å². The Morgan fingerprint density at radius 3 is 2.36 bits per heavy atom. The van der Waals surface area contributed by atoms with E-state index in [1.165, 1.54) is 9.80 Å². The minimum Gasteiger partial charge on any atom is -0.396 e. The number of nitrogens with zero attached hydrogens (tertiary/aromatic N) is 2. The lowest BCUT2D eigenvalue weighted by Crippen LogP contribution is -2.58. The fourth-order valence-corrected chi connectivity index (χ4v) is 4.78. The number of aliphatic hydroxyl groups excluding tert-OH is 1. The molecule has 4 N–H and O–H groups in total. The Morgan fingerprint density at radius 2 is 1.70 bits per heavy atom. The average Bonchev–Trinajstić information content (AvgIpc) is 3.45. The molecule has 0 aliphatic carbocycles. The van der Waals surface area contributed by atoms with Gasteiger partial charge in [0.25, 0.3) is 0 Å². The highest BCUT2D eigenvalue weighted by Crippen LogP contribution is 2.26. The SMILES string of the molecule is CC(C)[C@@H]1NC(=O)[C@H]2CCCN2C(=O)[C@@H]2CCCN2C(=O)C[C@H](C(=O)NCCCO)NC1=O. The molecule has 11 nitrogen and oxygen atoms in total. The molecule has 0 aromatic carbocycles. The fourth-order valence-electron chi connectivity index (χ4n) is 4.78. The predicted molar refractivity (Wildman–Crippen MR) is 117 cm³/mol. The summed E-state index contributed by atoms with van der Waals surface area (Å²) in [5.41, 5.74) is 0. The normalized spacial score (nSPS) is 29.0. The summed E-state index contributed by atoms with van der Waals surface area (Å²) < 4.78 is 0. The van der Waals surface area contributed by atoms with E-state index in [1.54, 1.807) is 13.8 Å². The topological polar surface area (TPSA) is 148 Å². The quantitative estimate of drug-likeness (QED) is 0.363. The molecule has 3 fully saturated rings. The summed E-state index contributed by atoms with van der Waals surface area (Å²) in [5.74, 6) is -2.40. The third-order valence-corrected chi connectivity index (χ3v) is 6.59. The van der Waals surface area contributed by atoms with E-state index in [1.807, 2.05) is 0 Å². The first-order valence-electron chi connectivity index (χ1n) is 11.8. The smallest absolute Gasteiger partial charge is 0.246 e. The van der Waals surface area contributed by atoms with E-state index in [9.17, 15) is 24.0 Å². The van der Waals surface area contributed by atoms with E-state index in [-0.39, 0.29) is 37.3 Å². The van der Waals surface area contributed by atoms with Crippen LogP contribution in [-0.4, -0.2) is 94.9 Å². The first-order chi connectivity index (χ1) is 15.7. The predicted octanol–water partition coefficient (Wildman–Crippen LogP) is -1.50. The van der Waals surface area contributed by atoms with Gasteiger partial charge in [-0.1, -0.05) is 13.8 Å². The second kappa shape index (κ2) is 11.0. The van der Waals surface area contributed by atoms with E-state index >= 15 is 0 Å². The van der Waals surface area contributed by atoms with Crippen molar-refractivity contribution in [2.24, 2.45) is 5.92 Å². The van der Waals surface area contributed by atoms with Gasteiger partial charge in [-0.3, -0.25) is 24.0 Å². The number of amides is 5. The van der Waals surface area contributed by atoms with E-state index in [2.05, 4.69) is 16.0 Å².